The number of aliphatic hydroxyl groups excluding tert-OH is 1. The molecule has 2 aromatic rings. The van der Waals surface area contributed by atoms with E-state index in [1.54, 1.807) is 11.1 Å². The van der Waals surface area contributed by atoms with Crippen LogP contribution in [0.15, 0.2) is 42.5 Å². The van der Waals surface area contributed by atoms with Crippen LogP contribution in [-0.2, 0) is 19.3 Å². The van der Waals surface area contributed by atoms with Gasteiger partial charge in [-0.25, -0.2) is 0 Å². The summed E-state index contributed by atoms with van der Waals surface area (Å²) in [4.78, 5) is 0. The molecule has 138 valence electrons. The molecule has 0 aliphatic heterocycles. The Kier molecular flexibility index (Phi) is 7.91. The van der Waals surface area contributed by atoms with Crippen LogP contribution in [-0.4, -0.2) is 18.2 Å². The number of nitrogens with one attached hydrogen (secondary N) is 1. The maximum Gasteiger partial charge on any atom is 0.0914 e. The number of rotatable bonds is 6. The standard InChI is InChI=1S/C22H29NO.C2H2/c1-16-4-3-5-21(13-16)22(24)15-23-11-10-18-7-9-19-12-17(2)6-8-20(19)14-18;1-2/h3-5,7,9,13-14,17,22-24H,6,8,10-12,15H2,1-2H3;1-2H. The second kappa shape index (κ2) is 10.2. The summed E-state index contributed by atoms with van der Waals surface area (Å²) in [6, 6.07) is 15.1. The lowest BCUT2D eigenvalue weighted by atomic mass is 9.84. The van der Waals surface area contributed by atoms with E-state index >= 15 is 0 Å². The number of benzene rings is 2. The summed E-state index contributed by atoms with van der Waals surface area (Å²) in [6.07, 6.45) is 12.4. The van der Waals surface area contributed by atoms with Gasteiger partial charge >= 0.3 is 0 Å². The molecule has 2 atom stereocenters. The minimum Gasteiger partial charge on any atom is -0.387 e. The van der Waals surface area contributed by atoms with Crippen LogP contribution in [0.4, 0.5) is 0 Å². The van der Waals surface area contributed by atoms with Crippen LogP contribution in [0, 0.1) is 25.7 Å². The molecule has 0 amide bonds. The van der Waals surface area contributed by atoms with E-state index < -0.39 is 6.10 Å². The summed E-state index contributed by atoms with van der Waals surface area (Å²) in [7, 11) is 0. The highest BCUT2D eigenvalue weighted by atomic mass is 16.3. The monoisotopic (exact) mass is 349 g/mol. The SMILES string of the molecule is C#C.Cc1cccc(C(O)CNCCc2ccc3c(c2)CCC(C)C3)c1. The molecule has 1 aliphatic carbocycles. The smallest absolute Gasteiger partial charge is 0.0914 e. The summed E-state index contributed by atoms with van der Waals surface area (Å²) >= 11 is 0. The van der Waals surface area contributed by atoms with Gasteiger partial charge < -0.3 is 10.4 Å². The van der Waals surface area contributed by atoms with Gasteiger partial charge in [0.2, 0.25) is 0 Å². The van der Waals surface area contributed by atoms with Crippen molar-refractivity contribution in [2.24, 2.45) is 5.92 Å². The van der Waals surface area contributed by atoms with Crippen molar-refractivity contribution in [2.45, 2.75) is 45.6 Å². The molecule has 2 aromatic carbocycles. The third-order valence-corrected chi connectivity index (χ3v) is 5.10. The zero-order chi connectivity index (χ0) is 18.9. The summed E-state index contributed by atoms with van der Waals surface area (Å²) in [5.41, 5.74) is 6.67. The lowest BCUT2D eigenvalue weighted by Gasteiger charge is -2.22. The maximum atomic E-state index is 10.3. The Morgan fingerprint density at radius 1 is 1.15 bits per heavy atom. The van der Waals surface area contributed by atoms with E-state index in [1.165, 1.54) is 30.4 Å². The molecular weight excluding hydrogens is 318 g/mol. The summed E-state index contributed by atoms with van der Waals surface area (Å²) in [5.74, 6) is 0.827. The van der Waals surface area contributed by atoms with Crippen LogP contribution in [0.5, 0.6) is 0 Å². The van der Waals surface area contributed by atoms with E-state index in [0.717, 1.165) is 24.4 Å². The van der Waals surface area contributed by atoms with Gasteiger partial charge in [0.05, 0.1) is 6.10 Å². The van der Waals surface area contributed by atoms with E-state index in [1.807, 2.05) is 12.1 Å². The predicted octanol–water partition coefficient (Wildman–Crippen LogP) is 4.23. The van der Waals surface area contributed by atoms with Crippen LogP contribution in [0.3, 0.4) is 0 Å². The van der Waals surface area contributed by atoms with Crippen LogP contribution in [0.1, 0.15) is 47.3 Å². The van der Waals surface area contributed by atoms with Crippen molar-refractivity contribution < 1.29 is 5.11 Å². The van der Waals surface area contributed by atoms with Crippen molar-refractivity contribution in [3.8, 4) is 12.8 Å². The third-order valence-electron chi connectivity index (χ3n) is 5.10. The average molecular weight is 350 g/mol. The number of aliphatic hydroxyl groups is 1. The molecular formula is C24H31NO. The normalized spacial score (nSPS) is 16.9. The second-order valence-corrected chi connectivity index (χ2v) is 7.34. The quantitative estimate of drug-likeness (QED) is 0.604. The molecule has 2 N–H and O–H groups in total. The van der Waals surface area contributed by atoms with Crippen molar-refractivity contribution in [3.05, 3.63) is 70.3 Å². The first-order chi connectivity index (χ1) is 12.6. The minimum atomic E-state index is -0.435. The van der Waals surface area contributed by atoms with Gasteiger partial charge in [0.1, 0.15) is 0 Å². The van der Waals surface area contributed by atoms with E-state index in [9.17, 15) is 5.11 Å². The fourth-order valence-corrected chi connectivity index (χ4v) is 3.61. The Hall–Kier alpha value is -2.08. The van der Waals surface area contributed by atoms with Crippen LogP contribution < -0.4 is 5.32 Å². The molecule has 0 saturated heterocycles. The molecule has 0 bridgehead atoms. The van der Waals surface area contributed by atoms with Gasteiger partial charge in [-0.05, 0) is 67.3 Å². The van der Waals surface area contributed by atoms with E-state index in [4.69, 9.17) is 0 Å². The lowest BCUT2D eigenvalue weighted by molar-refractivity contribution is 0.175. The van der Waals surface area contributed by atoms with Gasteiger partial charge in [-0.3, -0.25) is 0 Å². The predicted molar refractivity (Wildman–Crippen MR) is 110 cm³/mol. The molecule has 0 spiro atoms. The summed E-state index contributed by atoms with van der Waals surface area (Å²) in [6.45, 7) is 5.91. The molecule has 0 aromatic heterocycles. The van der Waals surface area contributed by atoms with Crippen molar-refractivity contribution in [2.75, 3.05) is 13.1 Å². The minimum absolute atomic E-state index is 0.435. The lowest BCUT2D eigenvalue weighted by Crippen LogP contribution is -2.24. The molecule has 26 heavy (non-hydrogen) atoms. The van der Waals surface area contributed by atoms with Crippen LogP contribution in [0.25, 0.3) is 0 Å². The van der Waals surface area contributed by atoms with Gasteiger partial charge in [-0.1, -0.05) is 55.0 Å². The first-order valence-electron chi connectivity index (χ1n) is 9.51. The van der Waals surface area contributed by atoms with E-state index in [0.29, 0.717) is 6.54 Å². The second-order valence-electron chi connectivity index (χ2n) is 7.34. The van der Waals surface area contributed by atoms with Crippen molar-refractivity contribution in [1.82, 2.24) is 5.32 Å². The number of hydrogen-bond donors (Lipinski definition) is 2. The van der Waals surface area contributed by atoms with E-state index in [2.05, 4.69) is 62.3 Å². The topological polar surface area (TPSA) is 32.3 Å². The van der Waals surface area contributed by atoms with Crippen molar-refractivity contribution >= 4 is 0 Å². The number of terminal acetylenes is 1. The summed E-state index contributed by atoms with van der Waals surface area (Å²) < 4.78 is 0. The van der Waals surface area contributed by atoms with Crippen molar-refractivity contribution in [3.63, 3.8) is 0 Å². The zero-order valence-corrected chi connectivity index (χ0v) is 16.0. The Balaban J connectivity index is 0.00000117. The average Bonchev–Trinajstić information content (AvgIpc) is 2.66. The Labute approximate surface area is 158 Å². The maximum absolute atomic E-state index is 10.3. The van der Waals surface area contributed by atoms with Gasteiger partial charge in [0.15, 0.2) is 0 Å². The molecule has 2 heteroatoms. The summed E-state index contributed by atoms with van der Waals surface area (Å²) in [5, 5.41) is 13.7. The van der Waals surface area contributed by atoms with Gasteiger partial charge in [0, 0.05) is 6.54 Å². The molecule has 3 rings (SSSR count). The van der Waals surface area contributed by atoms with Crippen LogP contribution >= 0.6 is 0 Å². The van der Waals surface area contributed by atoms with E-state index in [-0.39, 0.29) is 0 Å². The fourth-order valence-electron chi connectivity index (χ4n) is 3.61. The first-order valence-corrected chi connectivity index (χ1v) is 9.51. The van der Waals surface area contributed by atoms with Gasteiger partial charge in [-0.2, -0.15) is 0 Å². The third kappa shape index (κ3) is 5.73. The Morgan fingerprint density at radius 3 is 2.73 bits per heavy atom. The molecule has 1 aliphatic rings. The van der Waals surface area contributed by atoms with Gasteiger partial charge in [-0.15, -0.1) is 12.8 Å². The number of hydrogen-bond acceptors (Lipinski definition) is 2. The molecule has 0 fully saturated rings. The van der Waals surface area contributed by atoms with Crippen molar-refractivity contribution in [1.29, 1.82) is 0 Å². The largest absolute Gasteiger partial charge is 0.387 e. The molecule has 2 unspecified atom stereocenters. The zero-order valence-electron chi connectivity index (χ0n) is 16.0. The highest BCUT2D eigenvalue weighted by Gasteiger charge is 2.15. The highest BCUT2D eigenvalue weighted by Crippen LogP contribution is 2.26. The molecule has 0 saturated carbocycles. The highest BCUT2D eigenvalue weighted by molar-refractivity contribution is 5.34. The number of fused-ring (bicyclic) bond motifs is 1. The number of aryl methyl sites for hydroxylation is 2. The molecule has 0 radical (unpaired) electrons. The fraction of sp³-hybridized carbons (Fsp3) is 0.417. The Bertz CT molecular complexity index is 719. The van der Waals surface area contributed by atoms with Gasteiger partial charge in [0.25, 0.3) is 0 Å². The van der Waals surface area contributed by atoms with Crippen LogP contribution in [0.2, 0.25) is 0 Å². The first kappa shape index (κ1) is 20.2. The molecule has 2 nitrogen and oxygen atoms in total. The molecule has 0 heterocycles. The Morgan fingerprint density at radius 2 is 1.96 bits per heavy atom.